The van der Waals surface area contributed by atoms with Crippen LogP contribution in [0.2, 0.25) is 0 Å². The highest BCUT2D eigenvalue weighted by atomic mass is 32.1. The molecule has 1 amide bonds. The van der Waals surface area contributed by atoms with Crippen LogP contribution in [0.3, 0.4) is 0 Å². The van der Waals surface area contributed by atoms with Gasteiger partial charge in [0.15, 0.2) is 5.69 Å². The van der Waals surface area contributed by atoms with Gasteiger partial charge in [-0.3, -0.25) is 4.79 Å². The van der Waals surface area contributed by atoms with E-state index in [1.54, 1.807) is 19.0 Å². The second kappa shape index (κ2) is 8.95. The van der Waals surface area contributed by atoms with Crippen LogP contribution in [0.15, 0.2) is 54.0 Å². The van der Waals surface area contributed by atoms with Gasteiger partial charge in [-0.05, 0) is 54.9 Å². The lowest BCUT2D eigenvalue weighted by Gasteiger charge is -2.14. The van der Waals surface area contributed by atoms with Gasteiger partial charge in [0, 0.05) is 17.6 Å². The molecule has 10 heteroatoms. The van der Waals surface area contributed by atoms with Gasteiger partial charge in [-0.25, -0.2) is 9.37 Å². The molecule has 1 N–H and O–H groups in total. The van der Waals surface area contributed by atoms with Gasteiger partial charge in [0.1, 0.15) is 11.5 Å². The fourth-order valence-electron chi connectivity index (χ4n) is 3.52. The summed E-state index contributed by atoms with van der Waals surface area (Å²) in [5.74, 6) is -1.13. The lowest BCUT2D eigenvalue weighted by molar-refractivity contribution is -0.136. The summed E-state index contributed by atoms with van der Waals surface area (Å²) in [5.41, 5.74) is -0.695. The Morgan fingerprint density at radius 2 is 1.94 bits per heavy atom. The average Bonchev–Trinajstić information content (AvgIpc) is 3.38. The zero-order chi connectivity index (χ0) is 23.8. The molecule has 5 nitrogen and oxygen atoms in total. The highest BCUT2D eigenvalue weighted by Gasteiger charge is 2.36. The Labute approximate surface area is 191 Å². The number of carbonyl (C=O) groups excluding carboxylic acids is 1. The molecule has 0 aliphatic heterocycles. The minimum Gasteiger partial charge on any atom is -0.346 e. The number of imidazole rings is 1. The topological polar surface area (TPSA) is 49.6 Å². The molecule has 0 spiro atoms. The van der Waals surface area contributed by atoms with E-state index in [0.29, 0.717) is 5.69 Å². The number of alkyl halides is 3. The van der Waals surface area contributed by atoms with E-state index in [0.717, 1.165) is 10.9 Å². The normalized spacial score (nSPS) is 12.0. The third-order valence-electron chi connectivity index (χ3n) is 4.97. The average molecular weight is 476 g/mol. The minimum absolute atomic E-state index is 0.0813. The predicted octanol–water partition coefficient (Wildman–Crippen LogP) is 5.21. The summed E-state index contributed by atoms with van der Waals surface area (Å²) in [6.07, 6.45) is -3.27. The number of nitrogens with zero attached hydrogens (tertiary/aromatic N) is 3. The van der Waals surface area contributed by atoms with Crippen LogP contribution in [-0.4, -0.2) is 34.3 Å². The maximum absolute atomic E-state index is 14.0. The molecule has 0 unspecified atom stereocenters. The summed E-state index contributed by atoms with van der Waals surface area (Å²) in [6, 6.07) is 9.97. The highest BCUT2D eigenvalue weighted by molar-refractivity contribution is 7.09. The van der Waals surface area contributed by atoms with Gasteiger partial charge in [-0.2, -0.15) is 13.2 Å². The second-order valence-electron chi connectivity index (χ2n) is 7.75. The standard InChI is InChI=1S/C23H20F4N4OS/c1-30(2)13-19-20(22(32)28-11-17-7-4-8-33-17)29-21-18(23(25,26)27)10-15(12-31(19)21)14-5-3-6-16(24)9-14/h3-10,12H,11,13H2,1-2H3,(H,28,32). The van der Waals surface area contributed by atoms with Crippen molar-refractivity contribution < 1.29 is 22.4 Å². The van der Waals surface area contributed by atoms with Crippen LogP contribution in [0.25, 0.3) is 16.8 Å². The van der Waals surface area contributed by atoms with Crippen LogP contribution in [0.1, 0.15) is 26.6 Å². The SMILES string of the molecule is CN(C)Cc1c(C(=O)NCc2cccs2)nc2c(C(F)(F)F)cc(-c3cccc(F)c3)cn12. The van der Waals surface area contributed by atoms with Gasteiger partial charge in [-0.15, -0.1) is 11.3 Å². The molecule has 0 atom stereocenters. The van der Waals surface area contributed by atoms with Crippen LogP contribution < -0.4 is 5.32 Å². The van der Waals surface area contributed by atoms with Crippen molar-refractivity contribution in [3.05, 3.63) is 81.7 Å². The number of amides is 1. The Kier molecular flexibility index (Phi) is 6.22. The molecule has 0 aliphatic carbocycles. The monoisotopic (exact) mass is 476 g/mol. The quantitative estimate of drug-likeness (QED) is 0.389. The molecule has 4 aromatic rings. The molecule has 3 heterocycles. The van der Waals surface area contributed by atoms with Crippen molar-refractivity contribution in [2.75, 3.05) is 14.1 Å². The van der Waals surface area contributed by atoms with Gasteiger partial charge < -0.3 is 14.6 Å². The smallest absolute Gasteiger partial charge is 0.346 e. The van der Waals surface area contributed by atoms with E-state index in [9.17, 15) is 22.4 Å². The van der Waals surface area contributed by atoms with Gasteiger partial charge >= 0.3 is 6.18 Å². The van der Waals surface area contributed by atoms with Crippen molar-refractivity contribution in [3.63, 3.8) is 0 Å². The van der Waals surface area contributed by atoms with Crippen LogP contribution in [0.4, 0.5) is 17.6 Å². The molecular weight excluding hydrogens is 456 g/mol. The van der Waals surface area contributed by atoms with Crippen LogP contribution in [0.5, 0.6) is 0 Å². The van der Waals surface area contributed by atoms with Gasteiger partial charge in [0.05, 0.1) is 17.8 Å². The molecule has 0 saturated carbocycles. The third-order valence-corrected chi connectivity index (χ3v) is 5.84. The Balaban J connectivity index is 1.89. The van der Waals surface area contributed by atoms with Crippen LogP contribution in [0, 0.1) is 5.82 Å². The number of pyridine rings is 1. The van der Waals surface area contributed by atoms with Crippen molar-refractivity contribution >= 4 is 22.9 Å². The lowest BCUT2D eigenvalue weighted by atomic mass is 10.1. The molecule has 3 aromatic heterocycles. The van der Waals surface area contributed by atoms with E-state index in [4.69, 9.17) is 0 Å². The third kappa shape index (κ3) is 4.91. The van der Waals surface area contributed by atoms with Crippen molar-refractivity contribution in [2.45, 2.75) is 19.3 Å². The number of aromatic nitrogens is 2. The molecule has 1 aromatic carbocycles. The summed E-state index contributed by atoms with van der Waals surface area (Å²) >= 11 is 1.46. The Bertz CT molecular complexity index is 1300. The molecule has 33 heavy (non-hydrogen) atoms. The Morgan fingerprint density at radius 1 is 1.15 bits per heavy atom. The largest absolute Gasteiger partial charge is 0.420 e. The number of nitrogens with one attached hydrogen (secondary N) is 1. The molecule has 0 radical (unpaired) electrons. The number of carbonyl (C=O) groups is 1. The number of fused-ring (bicyclic) bond motifs is 1. The number of benzene rings is 1. The first-order chi connectivity index (χ1) is 15.6. The Morgan fingerprint density at radius 3 is 2.58 bits per heavy atom. The number of hydrogen-bond acceptors (Lipinski definition) is 4. The Hall–Kier alpha value is -3.24. The maximum atomic E-state index is 14.0. The fraction of sp³-hybridized carbons (Fsp3) is 0.217. The second-order valence-corrected chi connectivity index (χ2v) is 8.78. The zero-order valence-electron chi connectivity index (χ0n) is 17.8. The number of thiophene rings is 1. The zero-order valence-corrected chi connectivity index (χ0v) is 18.6. The summed E-state index contributed by atoms with van der Waals surface area (Å²) in [7, 11) is 3.49. The maximum Gasteiger partial charge on any atom is 0.420 e. The summed E-state index contributed by atoms with van der Waals surface area (Å²) in [5, 5.41) is 4.60. The molecule has 0 aliphatic rings. The summed E-state index contributed by atoms with van der Waals surface area (Å²) < 4.78 is 57.0. The number of halogens is 4. The van der Waals surface area contributed by atoms with E-state index in [1.807, 2.05) is 17.5 Å². The van der Waals surface area contributed by atoms with E-state index in [-0.39, 0.29) is 35.6 Å². The van der Waals surface area contributed by atoms with Crippen molar-refractivity contribution in [2.24, 2.45) is 0 Å². The summed E-state index contributed by atoms with van der Waals surface area (Å²) in [4.78, 5) is 19.7. The number of hydrogen-bond donors (Lipinski definition) is 1. The van der Waals surface area contributed by atoms with Crippen molar-refractivity contribution in [1.29, 1.82) is 0 Å². The van der Waals surface area contributed by atoms with Gasteiger partial charge in [0.2, 0.25) is 0 Å². The molecule has 0 saturated heterocycles. The first-order valence-electron chi connectivity index (χ1n) is 9.97. The molecule has 0 fully saturated rings. The first-order valence-corrected chi connectivity index (χ1v) is 10.8. The van der Waals surface area contributed by atoms with E-state index < -0.39 is 23.5 Å². The number of rotatable bonds is 6. The fourth-order valence-corrected chi connectivity index (χ4v) is 4.17. The lowest BCUT2D eigenvalue weighted by Crippen LogP contribution is -2.25. The van der Waals surface area contributed by atoms with Gasteiger partial charge in [-0.1, -0.05) is 18.2 Å². The van der Waals surface area contributed by atoms with Gasteiger partial charge in [0.25, 0.3) is 5.91 Å². The predicted molar refractivity (Wildman–Crippen MR) is 118 cm³/mol. The molecule has 172 valence electrons. The van der Waals surface area contributed by atoms with Crippen LogP contribution >= 0.6 is 11.3 Å². The van der Waals surface area contributed by atoms with E-state index >= 15 is 0 Å². The molecule has 4 rings (SSSR count). The molecule has 0 bridgehead atoms. The van der Waals surface area contributed by atoms with E-state index in [1.165, 1.54) is 46.2 Å². The van der Waals surface area contributed by atoms with E-state index in [2.05, 4.69) is 10.3 Å². The highest BCUT2D eigenvalue weighted by Crippen LogP contribution is 2.36. The van der Waals surface area contributed by atoms with Crippen molar-refractivity contribution in [1.82, 2.24) is 19.6 Å². The van der Waals surface area contributed by atoms with Crippen LogP contribution in [-0.2, 0) is 19.3 Å². The van der Waals surface area contributed by atoms with Crippen molar-refractivity contribution in [3.8, 4) is 11.1 Å². The molecular formula is C23H20F4N4OS. The first kappa shape index (κ1) is 22.9. The minimum atomic E-state index is -4.73. The summed E-state index contributed by atoms with van der Waals surface area (Å²) in [6.45, 7) is 0.416.